The number of rotatable bonds is 6. The molecular formula is C21H29N5O2S. The predicted molar refractivity (Wildman–Crippen MR) is 120 cm³/mol. The Bertz CT molecular complexity index is 835. The van der Waals surface area contributed by atoms with Gasteiger partial charge in [0.15, 0.2) is 0 Å². The number of carbonyl (C=O) groups is 2. The summed E-state index contributed by atoms with van der Waals surface area (Å²) in [4.78, 5) is 30.0. The van der Waals surface area contributed by atoms with Crippen LogP contribution >= 0.6 is 11.9 Å². The van der Waals surface area contributed by atoms with E-state index in [9.17, 15) is 9.59 Å². The Labute approximate surface area is 176 Å². The van der Waals surface area contributed by atoms with Crippen molar-refractivity contribution in [2.45, 2.75) is 4.90 Å². The highest BCUT2D eigenvalue weighted by Gasteiger charge is 2.16. The Morgan fingerprint density at radius 1 is 1.24 bits per heavy atom. The van der Waals surface area contributed by atoms with E-state index in [-0.39, 0.29) is 12.5 Å². The first-order valence-corrected chi connectivity index (χ1v) is 10.2. The van der Waals surface area contributed by atoms with E-state index in [2.05, 4.69) is 62.3 Å². The summed E-state index contributed by atoms with van der Waals surface area (Å²) in [6.07, 6.45) is 3.64. The highest BCUT2D eigenvalue weighted by Crippen LogP contribution is 2.33. The third-order valence-corrected chi connectivity index (χ3v) is 5.58. The topological polar surface area (TPSA) is 68.8 Å². The molecule has 1 N–H and O–H groups in total. The second kappa shape index (κ2) is 11.5. The third kappa shape index (κ3) is 6.85. The van der Waals surface area contributed by atoms with Gasteiger partial charge in [-0.1, -0.05) is 18.7 Å². The van der Waals surface area contributed by atoms with Crippen LogP contribution in [0, 0.1) is 0 Å². The Morgan fingerprint density at radius 2 is 1.97 bits per heavy atom. The number of fused-ring (bicyclic) bond motifs is 1. The quantitative estimate of drug-likeness (QED) is 0.440. The molecule has 0 saturated carbocycles. The number of hydrogen-bond donors (Lipinski definition) is 1. The van der Waals surface area contributed by atoms with Crippen LogP contribution in [0.4, 0.5) is 5.82 Å². The van der Waals surface area contributed by atoms with Crippen molar-refractivity contribution in [2.24, 2.45) is 0 Å². The van der Waals surface area contributed by atoms with Gasteiger partial charge in [0.1, 0.15) is 12.1 Å². The maximum atomic E-state index is 10.2. The number of piperazine rings is 1. The number of hydrogen-bond acceptors (Lipinski definition) is 7. The molecule has 2 heterocycles. The van der Waals surface area contributed by atoms with Crippen molar-refractivity contribution in [3.05, 3.63) is 43.1 Å². The molecule has 29 heavy (non-hydrogen) atoms. The van der Waals surface area contributed by atoms with E-state index < -0.39 is 0 Å². The van der Waals surface area contributed by atoms with E-state index in [1.165, 1.54) is 15.7 Å². The van der Waals surface area contributed by atoms with E-state index in [1.807, 2.05) is 32.2 Å². The maximum absolute atomic E-state index is 10.2. The van der Waals surface area contributed by atoms with Gasteiger partial charge in [0.2, 0.25) is 5.91 Å². The Hall–Kier alpha value is -2.42. The molecule has 1 saturated heterocycles. The van der Waals surface area contributed by atoms with Crippen molar-refractivity contribution in [3.63, 3.8) is 0 Å². The van der Waals surface area contributed by atoms with E-state index in [0.717, 1.165) is 38.1 Å². The second-order valence-corrected chi connectivity index (χ2v) is 7.96. The van der Waals surface area contributed by atoms with Gasteiger partial charge in [0.25, 0.3) is 0 Å². The lowest BCUT2D eigenvalue weighted by Crippen LogP contribution is -2.40. The lowest BCUT2D eigenvalue weighted by Gasteiger charge is -2.31. The first-order chi connectivity index (χ1) is 14.0. The van der Waals surface area contributed by atoms with Gasteiger partial charge in [-0.25, -0.2) is 9.29 Å². The minimum Gasteiger partial charge on any atom is -0.362 e. The van der Waals surface area contributed by atoms with Crippen LogP contribution in [0.3, 0.4) is 0 Å². The molecule has 1 aromatic carbocycles. The first kappa shape index (κ1) is 22.9. The van der Waals surface area contributed by atoms with Crippen molar-refractivity contribution in [3.8, 4) is 0 Å². The highest BCUT2D eigenvalue weighted by molar-refractivity contribution is 7.97. The molecule has 7 nitrogen and oxygen atoms in total. The zero-order valence-electron chi connectivity index (χ0n) is 17.3. The van der Waals surface area contributed by atoms with Crippen molar-refractivity contribution >= 4 is 40.7 Å². The molecule has 156 valence electrons. The molecular weight excluding hydrogens is 386 g/mol. The van der Waals surface area contributed by atoms with Crippen molar-refractivity contribution in [1.29, 1.82) is 0 Å². The summed E-state index contributed by atoms with van der Waals surface area (Å²) in [5.74, 6) is 0.713. The number of aldehydes is 1. The molecule has 8 heteroatoms. The molecule has 0 radical (unpaired) electrons. The van der Waals surface area contributed by atoms with E-state index >= 15 is 0 Å². The molecule has 0 aliphatic carbocycles. The molecule has 0 spiro atoms. The minimum atomic E-state index is -0.322. The number of likely N-dealkylation sites (N-methyl/N-ethyl adjacent to an activating group) is 1. The van der Waals surface area contributed by atoms with E-state index in [4.69, 9.17) is 0 Å². The van der Waals surface area contributed by atoms with Crippen molar-refractivity contribution in [2.75, 3.05) is 58.8 Å². The minimum absolute atomic E-state index is 0.0604. The van der Waals surface area contributed by atoms with Crippen LogP contribution in [-0.2, 0) is 9.59 Å². The van der Waals surface area contributed by atoms with Gasteiger partial charge >= 0.3 is 0 Å². The Balaban J connectivity index is 0.000000321. The van der Waals surface area contributed by atoms with Gasteiger partial charge in [-0.2, -0.15) is 0 Å². The number of benzene rings is 1. The normalized spacial score (nSPS) is 14.6. The van der Waals surface area contributed by atoms with Gasteiger partial charge in [-0.3, -0.25) is 4.79 Å². The first-order valence-electron chi connectivity index (χ1n) is 9.46. The van der Waals surface area contributed by atoms with Gasteiger partial charge in [-0.15, -0.1) is 0 Å². The molecule has 3 rings (SSSR count). The molecule has 0 unspecified atom stereocenters. The predicted octanol–water partition coefficient (Wildman–Crippen LogP) is 2.04. The van der Waals surface area contributed by atoms with Gasteiger partial charge in [-0.05, 0) is 37.2 Å². The lowest BCUT2D eigenvalue weighted by atomic mass is 10.1. The monoisotopic (exact) mass is 415 g/mol. The summed E-state index contributed by atoms with van der Waals surface area (Å²) in [5.41, 5.74) is 0. The number of carbonyl (C=O) groups excluding carboxylic acids is 2. The summed E-state index contributed by atoms with van der Waals surface area (Å²) < 4.78 is 2.46. The molecule has 1 aliphatic heterocycles. The largest absolute Gasteiger partial charge is 0.362 e. The Morgan fingerprint density at radius 3 is 2.59 bits per heavy atom. The summed E-state index contributed by atoms with van der Waals surface area (Å²) >= 11 is 1.88. The number of amides is 1. The van der Waals surface area contributed by atoms with Crippen LogP contribution in [0.5, 0.6) is 0 Å². The van der Waals surface area contributed by atoms with Gasteiger partial charge < -0.3 is 19.9 Å². The number of aromatic nitrogens is 1. The average molecular weight is 416 g/mol. The lowest BCUT2D eigenvalue weighted by molar-refractivity contribution is -0.118. The maximum Gasteiger partial charge on any atom is 0.243 e. The average Bonchev–Trinajstić information content (AvgIpc) is 2.73. The van der Waals surface area contributed by atoms with Crippen LogP contribution in [0.15, 0.2) is 48.0 Å². The van der Waals surface area contributed by atoms with Crippen molar-refractivity contribution < 1.29 is 9.59 Å². The SMILES string of the molecule is C=CC(=O)NCC=O.CN1CCN(Sc2cccc3c(N(C)C)nccc23)CC1. The Kier molecular flexibility index (Phi) is 9.11. The molecule has 0 atom stereocenters. The third-order valence-electron chi connectivity index (χ3n) is 4.40. The highest BCUT2D eigenvalue weighted by atomic mass is 32.2. The van der Waals surface area contributed by atoms with Crippen LogP contribution in [0.25, 0.3) is 10.8 Å². The van der Waals surface area contributed by atoms with Crippen LogP contribution in [0.2, 0.25) is 0 Å². The molecule has 1 fully saturated rings. The van der Waals surface area contributed by atoms with Crippen LogP contribution in [-0.4, -0.2) is 80.2 Å². The van der Waals surface area contributed by atoms with Gasteiger partial charge in [0, 0.05) is 62.1 Å². The molecule has 2 aromatic rings. The second-order valence-electron chi connectivity index (χ2n) is 6.82. The fourth-order valence-electron chi connectivity index (χ4n) is 2.83. The fourth-order valence-corrected chi connectivity index (χ4v) is 3.87. The number of anilines is 1. The van der Waals surface area contributed by atoms with Crippen LogP contribution < -0.4 is 10.2 Å². The summed E-state index contributed by atoms with van der Waals surface area (Å²) in [5, 5.41) is 4.77. The molecule has 1 amide bonds. The smallest absolute Gasteiger partial charge is 0.243 e. The number of nitrogens with one attached hydrogen (secondary N) is 1. The number of nitrogens with zero attached hydrogens (tertiary/aromatic N) is 4. The standard InChI is InChI=1S/C16H22N4S.C5H7NO2/c1-18(2)16-14-5-4-6-15(13(14)7-8-17-16)21-20-11-9-19(3)10-12-20;1-2-5(8)6-3-4-7/h4-8H,9-12H2,1-3H3;2,4H,1,3H2,(H,6,8). The summed E-state index contributed by atoms with van der Waals surface area (Å²) in [7, 11) is 6.28. The summed E-state index contributed by atoms with van der Waals surface area (Å²) in [6, 6.07) is 8.63. The number of pyridine rings is 1. The molecule has 1 aliphatic rings. The van der Waals surface area contributed by atoms with Crippen molar-refractivity contribution in [1.82, 2.24) is 19.5 Å². The molecule has 0 bridgehead atoms. The zero-order valence-corrected chi connectivity index (χ0v) is 18.1. The molecule has 1 aromatic heterocycles. The van der Waals surface area contributed by atoms with E-state index in [1.54, 1.807) is 0 Å². The fraction of sp³-hybridized carbons (Fsp3) is 0.381. The van der Waals surface area contributed by atoms with Gasteiger partial charge in [0.05, 0.1) is 6.54 Å². The van der Waals surface area contributed by atoms with E-state index in [0.29, 0.717) is 6.29 Å². The zero-order chi connectivity index (χ0) is 21.2. The van der Waals surface area contributed by atoms with Crippen LogP contribution in [0.1, 0.15) is 0 Å². The summed E-state index contributed by atoms with van der Waals surface area (Å²) in [6.45, 7) is 7.76.